The van der Waals surface area contributed by atoms with Gasteiger partial charge in [0, 0.05) is 33.1 Å². The van der Waals surface area contributed by atoms with Crippen molar-refractivity contribution >= 4 is 39.1 Å². The van der Waals surface area contributed by atoms with Crippen molar-refractivity contribution in [3.05, 3.63) is 108 Å². The predicted molar refractivity (Wildman–Crippen MR) is 195 cm³/mol. The Balaban J connectivity index is 1.15. The van der Waals surface area contributed by atoms with Gasteiger partial charge in [-0.15, -0.1) is 11.3 Å². The number of aliphatic hydroxyl groups is 2. The van der Waals surface area contributed by atoms with Crippen molar-refractivity contribution < 1.29 is 15.0 Å². The molecular formula is C42H43NO3S2. The van der Waals surface area contributed by atoms with Gasteiger partial charge in [-0.25, -0.2) is 4.98 Å². The molecule has 0 amide bonds. The first-order valence-corrected chi connectivity index (χ1v) is 19.4. The third kappa shape index (κ3) is 4.09. The molecule has 1 aromatic heterocycles. The molecule has 2 N–H and O–H groups in total. The number of rotatable bonds is 6. The van der Waals surface area contributed by atoms with E-state index in [0.717, 1.165) is 70.6 Å². The minimum Gasteiger partial charge on any atom is -0.393 e. The monoisotopic (exact) mass is 673 g/mol. The largest absolute Gasteiger partial charge is 0.393 e. The molecule has 8 atom stereocenters. The second-order valence-electron chi connectivity index (χ2n) is 15.8. The SMILES string of the molecule is CC12CCC(O)CC13C=CC1(C(C(=O)c4ccccc4-c4ccccc4)=C3)C2CCC2(C)C1CCC2(O)CSc1nc2ccccc2s1. The van der Waals surface area contributed by atoms with Crippen LogP contribution in [0.1, 0.15) is 69.2 Å². The number of carbonyl (C=O) groups is 1. The lowest BCUT2D eigenvalue weighted by atomic mass is 9.32. The van der Waals surface area contributed by atoms with Crippen molar-refractivity contribution in [3.63, 3.8) is 0 Å². The molecule has 0 saturated heterocycles. The van der Waals surface area contributed by atoms with E-state index in [4.69, 9.17) is 4.98 Å². The first kappa shape index (κ1) is 31.0. The third-order valence-corrected chi connectivity index (χ3v) is 16.3. The van der Waals surface area contributed by atoms with Crippen LogP contribution in [-0.2, 0) is 0 Å². The first-order chi connectivity index (χ1) is 23.1. The summed E-state index contributed by atoms with van der Waals surface area (Å²) in [5.74, 6) is 1.10. The van der Waals surface area contributed by atoms with Gasteiger partial charge in [-0.05, 0) is 85.5 Å². The Morgan fingerprint density at radius 3 is 2.42 bits per heavy atom. The molecule has 3 aromatic carbocycles. The van der Waals surface area contributed by atoms with Crippen LogP contribution in [-0.4, -0.2) is 38.4 Å². The van der Waals surface area contributed by atoms with Crippen molar-refractivity contribution in [1.29, 1.82) is 0 Å². The summed E-state index contributed by atoms with van der Waals surface area (Å²) in [7, 11) is 0. The highest BCUT2D eigenvalue weighted by molar-refractivity contribution is 8.01. The van der Waals surface area contributed by atoms with Crippen molar-refractivity contribution in [2.75, 3.05) is 5.75 Å². The smallest absolute Gasteiger partial charge is 0.190 e. The number of hydrogen-bond donors (Lipinski definition) is 2. The van der Waals surface area contributed by atoms with Gasteiger partial charge in [-0.1, -0.05) is 111 Å². The number of carbonyl (C=O) groups excluding carboxylic acids is 1. The summed E-state index contributed by atoms with van der Waals surface area (Å²) in [6, 6.07) is 26.6. The van der Waals surface area contributed by atoms with Gasteiger partial charge in [-0.3, -0.25) is 4.79 Å². The Kier molecular flexibility index (Phi) is 6.93. The summed E-state index contributed by atoms with van der Waals surface area (Å²) in [6.45, 7) is 4.77. The van der Waals surface area contributed by atoms with Crippen LogP contribution in [0.15, 0.2) is 107 Å². The van der Waals surface area contributed by atoms with Gasteiger partial charge in [0.15, 0.2) is 10.1 Å². The van der Waals surface area contributed by atoms with Gasteiger partial charge in [0.2, 0.25) is 0 Å². The zero-order chi connectivity index (χ0) is 32.9. The normalized spacial score (nSPS) is 37.9. The summed E-state index contributed by atoms with van der Waals surface area (Å²) in [6.07, 6.45) is 12.7. The van der Waals surface area contributed by atoms with Crippen LogP contribution < -0.4 is 0 Å². The molecule has 2 bridgehead atoms. The molecule has 3 fully saturated rings. The van der Waals surface area contributed by atoms with Crippen molar-refractivity contribution in [2.45, 2.75) is 74.8 Å². The van der Waals surface area contributed by atoms with Gasteiger partial charge < -0.3 is 10.2 Å². The standard InChI is InChI=1S/C42H43NO3S2/c1-38-19-16-28(44)24-40(38)22-23-42(31(25-40)36(45)30-13-7-6-12-29(30)27-10-4-3-5-11-27)34(38)17-20-39(2)35(42)18-21-41(39,46)26-47-37-43-32-14-8-9-15-33(32)48-37/h3-15,22-23,25,28,34-35,44,46H,16-21,24,26H2,1-2H3. The average molecular weight is 674 g/mol. The van der Waals surface area contributed by atoms with E-state index in [1.165, 1.54) is 4.70 Å². The average Bonchev–Trinajstić information content (AvgIpc) is 3.65. The van der Waals surface area contributed by atoms with Gasteiger partial charge in [0.05, 0.1) is 21.9 Å². The molecule has 8 unspecified atom stereocenters. The number of aromatic nitrogens is 1. The Hall–Kier alpha value is -3.03. The second-order valence-corrected chi connectivity index (χ2v) is 18.0. The molecule has 4 nitrogen and oxygen atoms in total. The van der Waals surface area contributed by atoms with Gasteiger partial charge in [-0.2, -0.15) is 0 Å². The number of benzene rings is 3. The molecule has 3 saturated carbocycles. The van der Waals surface area contributed by atoms with E-state index in [0.29, 0.717) is 12.2 Å². The van der Waals surface area contributed by atoms with Crippen molar-refractivity contribution in [1.82, 2.24) is 4.98 Å². The second kappa shape index (κ2) is 10.7. The maximum absolute atomic E-state index is 15.3. The Morgan fingerprint density at radius 1 is 0.875 bits per heavy atom. The van der Waals surface area contributed by atoms with Crippen LogP contribution in [0.4, 0.5) is 0 Å². The summed E-state index contributed by atoms with van der Waals surface area (Å²) in [5.41, 5.74) is 2.54. The van der Waals surface area contributed by atoms with Crippen molar-refractivity contribution in [2.24, 2.45) is 33.5 Å². The number of fused-ring (bicyclic) bond motifs is 2. The maximum atomic E-state index is 15.3. The Bertz CT molecular complexity index is 1970. The van der Waals surface area contributed by atoms with Crippen LogP contribution in [0.5, 0.6) is 0 Å². The lowest BCUT2D eigenvalue weighted by Crippen LogP contribution is -2.67. The fourth-order valence-corrected chi connectivity index (χ4v) is 13.7. The predicted octanol–water partition coefficient (Wildman–Crippen LogP) is 9.53. The van der Waals surface area contributed by atoms with E-state index in [-0.39, 0.29) is 40.0 Å². The van der Waals surface area contributed by atoms with E-state index in [9.17, 15) is 10.2 Å². The van der Waals surface area contributed by atoms with Gasteiger partial charge >= 0.3 is 0 Å². The summed E-state index contributed by atoms with van der Waals surface area (Å²) >= 11 is 3.40. The van der Waals surface area contributed by atoms with Gasteiger partial charge in [0.25, 0.3) is 0 Å². The Morgan fingerprint density at radius 2 is 1.58 bits per heavy atom. The van der Waals surface area contributed by atoms with Crippen LogP contribution in [0.25, 0.3) is 21.3 Å². The number of Topliss-reactive ketones (excluding diaryl/α,β-unsaturated/α-hetero) is 1. The highest BCUT2D eigenvalue weighted by Crippen LogP contribution is 2.78. The summed E-state index contributed by atoms with van der Waals surface area (Å²) < 4.78 is 2.18. The highest BCUT2D eigenvalue weighted by Gasteiger charge is 2.74. The summed E-state index contributed by atoms with van der Waals surface area (Å²) in [5, 5.41) is 23.8. The molecule has 10 rings (SSSR count). The molecule has 0 aliphatic heterocycles. The fraction of sp³-hybridized carbons (Fsp3) is 0.429. The number of aliphatic hydroxyl groups excluding tert-OH is 1. The number of hydrogen-bond acceptors (Lipinski definition) is 6. The topological polar surface area (TPSA) is 70.4 Å². The number of thiazole rings is 1. The minimum atomic E-state index is -0.875. The molecule has 246 valence electrons. The van der Waals surface area contributed by atoms with E-state index in [1.54, 1.807) is 23.1 Å². The lowest BCUT2D eigenvalue weighted by molar-refractivity contribution is -0.166. The van der Waals surface area contributed by atoms with E-state index in [1.807, 2.05) is 42.5 Å². The number of allylic oxidation sites excluding steroid dienone is 4. The molecule has 1 heterocycles. The minimum absolute atomic E-state index is 0.0541. The van der Waals surface area contributed by atoms with Crippen LogP contribution in [0.2, 0.25) is 0 Å². The number of nitrogens with zero attached hydrogens (tertiary/aromatic N) is 1. The molecule has 6 aliphatic carbocycles. The van der Waals surface area contributed by atoms with E-state index >= 15 is 4.79 Å². The molecular weight excluding hydrogens is 631 g/mol. The number of ketones is 1. The highest BCUT2D eigenvalue weighted by atomic mass is 32.2. The first-order valence-electron chi connectivity index (χ1n) is 17.6. The van der Waals surface area contributed by atoms with Crippen LogP contribution >= 0.6 is 23.1 Å². The third-order valence-electron chi connectivity index (χ3n) is 13.9. The van der Waals surface area contributed by atoms with E-state index < -0.39 is 11.0 Å². The Labute approximate surface area is 291 Å². The molecule has 4 aromatic rings. The fourth-order valence-electron chi connectivity index (χ4n) is 11.4. The van der Waals surface area contributed by atoms with Gasteiger partial charge in [0.1, 0.15) is 0 Å². The zero-order valence-corrected chi connectivity index (χ0v) is 29.3. The molecule has 2 spiro atoms. The molecule has 6 aliphatic rings. The lowest BCUT2D eigenvalue weighted by Gasteiger charge is -2.71. The maximum Gasteiger partial charge on any atom is 0.190 e. The zero-order valence-electron chi connectivity index (χ0n) is 27.7. The van der Waals surface area contributed by atoms with Crippen LogP contribution in [0.3, 0.4) is 0 Å². The number of thioether (sulfide) groups is 1. The summed E-state index contributed by atoms with van der Waals surface area (Å²) in [4.78, 5) is 20.2. The molecule has 48 heavy (non-hydrogen) atoms. The van der Waals surface area contributed by atoms with E-state index in [2.05, 4.69) is 68.5 Å². The quantitative estimate of drug-likeness (QED) is 0.121. The van der Waals surface area contributed by atoms with Crippen LogP contribution in [0, 0.1) is 33.5 Å². The molecule has 0 radical (unpaired) electrons. The number of para-hydroxylation sites is 1. The molecule has 6 heteroatoms. The van der Waals surface area contributed by atoms with Crippen molar-refractivity contribution in [3.8, 4) is 11.1 Å².